The van der Waals surface area contributed by atoms with Gasteiger partial charge in [0, 0.05) is 23.2 Å². The van der Waals surface area contributed by atoms with E-state index in [1.165, 1.54) is 10.4 Å². The summed E-state index contributed by atoms with van der Waals surface area (Å²) in [6.45, 7) is 10.3. The predicted molar refractivity (Wildman–Crippen MR) is 90.5 cm³/mol. The molecule has 0 saturated heterocycles. The highest BCUT2D eigenvalue weighted by Gasteiger charge is 2.25. The Bertz CT molecular complexity index is 577. The number of rotatable bonds is 6. The molecule has 2 rings (SSSR count). The normalized spacial score (nSPS) is 14.4. The molecule has 2 aromatic heterocycles. The van der Waals surface area contributed by atoms with Gasteiger partial charge in [-0.3, -0.25) is 9.88 Å². The lowest BCUT2D eigenvalue weighted by Gasteiger charge is -2.33. The number of pyridine rings is 1. The fourth-order valence-electron chi connectivity index (χ4n) is 2.73. The minimum atomic E-state index is 0.0899. The van der Waals surface area contributed by atoms with Gasteiger partial charge >= 0.3 is 0 Å². The minimum absolute atomic E-state index is 0.0899. The van der Waals surface area contributed by atoms with Crippen molar-refractivity contribution in [2.75, 3.05) is 6.54 Å². The van der Waals surface area contributed by atoms with Crippen LogP contribution < -0.4 is 5.73 Å². The van der Waals surface area contributed by atoms with Crippen LogP contribution >= 0.6 is 11.3 Å². The Labute approximate surface area is 131 Å². The Hall–Kier alpha value is -1.23. The van der Waals surface area contributed by atoms with E-state index in [0.29, 0.717) is 0 Å². The second kappa shape index (κ2) is 7.16. The summed E-state index contributed by atoms with van der Waals surface area (Å²) < 4.78 is 0. The van der Waals surface area contributed by atoms with Crippen LogP contribution in [0, 0.1) is 13.8 Å². The highest BCUT2D eigenvalue weighted by Crippen LogP contribution is 2.31. The van der Waals surface area contributed by atoms with Crippen LogP contribution in [-0.4, -0.2) is 22.5 Å². The molecule has 3 nitrogen and oxygen atoms in total. The van der Waals surface area contributed by atoms with Crippen LogP contribution in [0.2, 0.25) is 0 Å². The zero-order chi connectivity index (χ0) is 15.4. The van der Waals surface area contributed by atoms with Gasteiger partial charge in [-0.25, -0.2) is 0 Å². The summed E-state index contributed by atoms with van der Waals surface area (Å²) >= 11 is 1.80. The Balaban J connectivity index is 2.26. The van der Waals surface area contributed by atoms with Crippen molar-refractivity contribution >= 4 is 11.3 Å². The van der Waals surface area contributed by atoms with E-state index in [2.05, 4.69) is 54.2 Å². The molecule has 0 spiro atoms. The molecular weight excluding hydrogens is 278 g/mol. The van der Waals surface area contributed by atoms with E-state index in [1.807, 2.05) is 13.0 Å². The summed E-state index contributed by atoms with van der Waals surface area (Å²) in [5.41, 5.74) is 9.80. The summed E-state index contributed by atoms with van der Waals surface area (Å²) in [7, 11) is 0. The smallest absolute Gasteiger partial charge is 0.0596 e. The molecule has 0 radical (unpaired) electrons. The van der Waals surface area contributed by atoms with Crippen LogP contribution in [-0.2, 0) is 6.54 Å². The molecule has 2 atom stereocenters. The fourth-order valence-corrected chi connectivity index (χ4v) is 3.90. The van der Waals surface area contributed by atoms with Gasteiger partial charge in [0.1, 0.15) is 0 Å². The second-order valence-corrected chi connectivity index (χ2v) is 6.55. The number of hydrogen-bond donors (Lipinski definition) is 1. The Morgan fingerprint density at radius 1 is 1.29 bits per heavy atom. The van der Waals surface area contributed by atoms with Gasteiger partial charge in [0.15, 0.2) is 0 Å². The molecule has 114 valence electrons. The summed E-state index contributed by atoms with van der Waals surface area (Å²) in [5, 5.41) is 2.15. The molecule has 0 aliphatic carbocycles. The van der Waals surface area contributed by atoms with E-state index in [1.54, 1.807) is 11.3 Å². The maximum Gasteiger partial charge on any atom is 0.0596 e. The van der Waals surface area contributed by atoms with E-state index < -0.39 is 0 Å². The number of likely N-dealkylation sites (N-methyl/N-ethyl adjacent to an activating group) is 1. The van der Waals surface area contributed by atoms with Gasteiger partial charge in [0.25, 0.3) is 0 Å². The van der Waals surface area contributed by atoms with Gasteiger partial charge in [-0.05, 0) is 56.5 Å². The van der Waals surface area contributed by atoms with Gasteiger partial charge in [-0.2, -0.15) is 0 Å². The third kappa shape index (κ3) is 3.90. The third-order valence-electron chi connectivity index (χ3n) is 3.78. The standard InChI is InChI=1S/C17H25N3S/c1-5-20(11-15-8-6-7-13(3)19-15)16(14(4)18)17-12(2)9-10-21-17/h6-10,14,16H,5,11,18H2,1-4H3. The van der Waals surface area contributed by atoms with Crippen molar-refractivity contribution in [2.45, 2.75) is 46.3 Å². The van der Waals surface area contributed by atoms with Gasteiger partial charge < -0.3 is 5.73 Å². The number of thiophene rings is 1. The molecule has 0 amide bonds. The van der Waals surface area contributed by atoms with Crippen LogP contribution in [0.3, 0.4) is 0 Å². The fraction of sp³-hybridized carbons (Fsp3) is 0.471. The Kier molecular flexibility index (Phi) is 5.51. The van der Waals surface area contributed by atoms with Crippen molar-refractivity contribution in [3.05, 3.63) is 51.5 Å². The van der Waals surface area contributed by atoms with Crippen LogP contribution in [0.1, 0.15) is 41.7 Å². The average Bonchev–Trinajstić information content (AvgIpc) is 2.84. The van der Waals surface area contributed by atoms with Gasteiger partial charge in [-0.1, -0.05) is 13.0 Å². The highest BCUT2D eigenvalue weighted by atomic mass is 32.1. The molecule has 0 aliphatic rings. The molecule has 2 heterocycles. The van der Waals surface area contributed by atoms with Crippen molar-refractivity contribution in [1.82, 2.24) is 9.88 Å². The lowest BCUT2D eigenvalue weighted by Crippen LogP contribution is -2.39. The van der Waals surface area contributed by atoms with Crippen molar-refractivity contribution in [3.8, 4) is 0 Å². The van der Waals surface area contributed by atoms with Crippen molar-refractivity contribution in [1.29, 1.82) is 0 Å². The van der Waals surface area contributed by atoms with Crippen molar-refractivity contribution < 1.29 is 0 Å². The zero-order valence-corrected chi connectivity index (χ0v) is 14.2. The third-order valence-corrected chi connectivity index (χ3v) is 4.87. The lowest BCUT2D eigenvalue weighted by atomic mass is 10.0. The molecule has 0 aliphatic heterocycles. The van der Waals surface area contributed by atoms with E-state index in [-0.39, 0.29) is 12.1 Å². The molecule has 21 heavy (non-hydrogen) atoms. The van der Waals surface area contributed by atoms with Gasteiger partial charge in [0.2, 0.25) is 0 Å². The first-order valence-corrected chi connectivity index (χ1v) is 8.37. The predicted octanol–water partition coefficient (Wildman–Crippen LogP) is 3.67. The first-order chi connectivity index (χ1) is 10.0. The first-order valence-electron chi connectivity index (χ1n) is 7.49. The highest BCUT2D eigenvalue weighted by molar-refractivity contribution is 7.10. The molecule has 2 aromatic rings. The Morgan fingerprint density at radius 2 is 2.05 bits per heavy atom. The molecule has 0 fully saturated rings. The number of nitrogens with two attached hydrogens (primary N) is 1. The van der Waals surface area contributed by atoms with Crippen LogP contribution in [0.15, 0.2) is 29.6 Å². The van der Waals surface area contributed by atoms with Crippen LogP contribution in [0.5, 0.6) is 0 Å². The summed E-state index contributed by atoms with van der Waals surface area (Å²) in [5.74, 6) is 0. The number of aryl methyl sites for hydroxylation is 2. The van der Waals surface area contributed by atoms with Crippen molar-refractivity contribution in [2.24, 2.45) is 5.73 Å². The summed E-state index contributed by atoms with van der Waals surface area (Å²) in [6.07, 6.45) is 0. The molecule has 0 saturated carbocycles. The maximum atomic E-state index is 6.30. The quantitative estimate of drug-likeness (QED) is 0.885. The molecule has 4 heteroatoms. The molecular formula is C17H25N3S. The number of aromatic nitrogens is 1. The first kappa shape index (κ1) is 16.1. The van der Waals surface area contributed by atoms with Crippen molar-refractivity contribution in [3.63, 3.8) is 0 Å². The van der Waals surface area contributed by atoms with E-state index in [4.69, 9.17) is 5.73 Å². The van der Waals surface area contributed by atoms with Gasteiger partial charge in [-0.15, -0.1) is 11.3 Å². The second-order valence-electron chi connectivity index (χ2n) is 5.61. The van der Waals surface area contributed by atoms with Crippen LogP contribution in [0.4, 0.5) is 0 Å². The monoisotopic (exact) mass is 303 g/mol. The Morgan fingerprint density at radius 3 is 2.57 bits per heavy atom. The number of hydrogen-bond acceptors (Lipinski definition) is 4. The van der Waals surface area contributed by atoms with E-state index >= 15 is 0 Å². The van der Waals surface area contributed by atoms with Crippen LogP contribution in [0.25, 0.3) is 0 Å². The largest absolute Gasteiger partial charge is 0.326 e. The summed E-state index contributed by atoms with van der Waals surface area (Å²) in [6, 6.07) is 8.71. The molecule has 2 unspecified atom stereocenters. The zero-order valence-electron chi connectivity index (χ0n) is 13.3. The average molecular weight is 303 g/mol. The van der Waals surface area contributed by atoms with Gasteiger partial charge in [0.05, 0.1) is 11.7 Å². The van der Waals surface area contributed by atoms with E-state index in [0.717, 1.165) is 24.5 Å². The lowest BCUT2D eigenvalue weighted by molar-refractivity contribution is 0.177. The minimum Gasteiger partial charge on any atom is -0.326 e. The maximum absolute atomic E-state index is 6.30. The molecule has 0 bridgehead atoms. The molecule has 0 aromatic carbocycles. The SMILES string of the molecule is CCN(Cc1cccc(C)n1)C(c1sccc1C)C(C)N. The molecule has 2 N–H and O–H groups in total. The number of nitrogens with zero attached hydrogens (tertiary/aromatic N) is 2. The van der Waals surface area contributed by atoms with E-state index in [9.17, 15) is 0 Å². The summed E-state index contributed by atoms with van der Waals surface area (Å²) in [4.78, 5) is 8.42. The topological polar surface area (TPSA) is 42.2 Å².